The van der Waals surface area contributed by atoms with Gasteiger partial charge >= 0.3 is 0 Å². The molecule has 1 aliphatic rings. The fraction of sp³-hybridized carbons (Fsp3) is 0.174. The Morgan fingerprint density at radius 3 is 2.79 bits per heavy atom. The number of nitrogens with zero attached hydrogens (tertiary/aromatic N) is 3. The molecule has 0 amide bonds. The number of hydrogen-bond acceptors (Lipinski definition) is 5. The summed E-state index contributed by atoms with van der Waals surface area (Å²) in [7, 11) is 0. The normalized spacial score (nSPS) is 16.0. The van der Waals surface area contributed by atoms with Crippen LogP contribution in [0.1, 0.15) is 30.1 Å². The smallest absolute Gasteiger partial charge is 0.230 e. The van der Waals surface area contributed by atoms with Crippen LogP contribution in [0.5, 0.6) is 11.6 Å². The van der Waals surface area contributed by atoms with Gasteiger partial charge in [0.25, 0.3) is 0 Å². The second-order valence-electron chi connectivity index (χ2n) is 6.95. The average Bonchev–Trinajstić information content (AvgIpc) is 2.75. The lowest BCUT2D eigenvalue weighted by atomic mass is 9.89. The monoisotopic (exact) mass is 369 g/mol. The van der Waals surface area contributed by atoms with Gasteiger partial charge in [0, 0.05) is 23.5 Å². The van der Waals surface area contributed by atoms with Gasteiger partial charge in [0.1, 0.15) is 5.75 Å². The quantitative estimate of drug-likeness (QED) is 0.559. The van der Waals surface area contributed by atoms with E-state index in [1.165, 1.54) is 0 Å². The second-order valence-corrected chi connectivity index (χ2v) is 6.95. The number of hydrogen-bond donors (Lipinski definition) is 1. The Morgan fingerprint density at radius 2 is 1.89 bits per heavy atom. The van der Waals surface area contributed by atoms with Crippen LogP contribution in [-0.2, 0) is 6.42 Å². The maximum atomic E-state index is 10.3. The van der Waals surface area contributed by atoms with E-state index in [-0.39, 0.29) is 0 Å². The molecule has 0 bridgehead atoms. The van der Waals surface area contributed by atoms with E-state index >= 15 is 0 Å². The van der Waals surface area contributed by atoms with Crippen molar-refractivity contribution in [2.75, 3.05) is 0 Å². The highest BCUT2D eigenvalue weighted by Crippen LogP contribution is 2.38. The molecule has 0 radical (unpaired) electrons. The van der Waals surface area contributed by atoms with Crippen LogP contribution in [0.3, 0.4) is 0 Å². The molecule has 2 aromatic carbocycles. The molecular weight excluding hydrogens is 350 g/mol. The van der Waals surface area contributed by atoms with Gasteiger partial charge in [0.15, 0.2) is 5.82 Å². The largest absolute Gasteiger partial charge is 0.438 e. The minimum Gasteiger partial charge on any atom is -0.438 e. The molecule has 2 heterocycles. The number of benzene rings is 2. The Balaban J connectivity index is 1.64. The first-order valence-corrected chi connectivity index (χ1v) is 9.44. The van der Waals surface area contributed by atoms with Crippen LogP contribution in [-0.4, -0.2) is 20.1 Å². The molecule has 0 saturated heterocycles. The van der Waals surface area contributed by atoms with Gasteiger partial charge < -0.3 is 9.84 Å². The SMILES string of the molecule is O[C@H]1CCCc2c(Oc3nc(-c4cccnc4)nc4ccccc34)cccc21. The molecule has 0 aliphatic heterocycles. The molecule has 1 aliphatic carbocycles. The van der Waals surface area contributed by atoms with Crippen LogP contribution in [0.4, 0.5) is 0 Å². The molecule has 0 saturated carbocycles. The molecular formula is C23H19N3O2. The van der Waals surface area contributed by atoms with Gasteiger partial charge in [-0.3, -0.25) is 4.98 Å². The summed E-state index contributed by atoms with van der Waals surface area (Å²) in [5.41, 5.74) is 3.67. The highest BCUT2D eigenvalue weighted by atomic mass is 16.5. The molecule has 5 rings (SSSR count). The Kier molecular flexibility index (Phi) is 4.22. The van der Waals surface area contributed by atoms with Crippen molar-refractivity contribution in [3.63, 3.8) is 0 Å². The highest BCUT2D eigenvalue weighted by Gasteiger charge is 2.22. The van der Waals surface area contributed by atoms with Crippen molar-refractivity contribution < 1.29 is 9.84 Å². The predicted octanol–water partition coefficient (Wildman–Crippen LogP) is 4.85. The number of aliphatic hydroxyl groups excluding tert-OH is 1. The summed E-state index contributed by atoms with van der Waals surface area (Å²) in [6.45, 7) is 0. The lowest BCUT2D eigenvalue weighted by Gasteiger charge is -2.23. The first-order chi connectivity index (χ1) is 13.8. The number of aromatic nitrogens is 3. The van der Waals surface area contributed by atoms with Crippen molar-refractivity contribution >= 4 is 10.9 Å². The molecule has 1 atom stereocenters. The van der Waals surface area contributed by atoms with Crippen molar-refractivity contribution in [2.24, 2.45) is 0 Å². The van der Waals surface area contributed by atoms with E-state index in [2.05, 4.69) is 9.97 Å². The number of ether oxygens (including phenoxy) is 1. The Labute approximate surface area is 162 Å². The fourth-order valence-electron chi connectivity index (χ4n) is 3.74. The summed E-state index contributed by atoms with van der Waals surface area (Å²) in [5.74, 6) is 1.83. The third-order valence-corrected chi connectivity index (χ3v) is 5.13. The Morgan fingerprint density at radius 1 is 0.964 bits per heavy atom. The summed E-state index contributed by atoms with van der Waals surface area (Å²) >= 11 is 0. The van der Waals surface area contributed by atoms with Crippen molar-refractivity contribution in [3.05, 3.63) is 78.1 Å². The first kappa shape index (κ1) is 16.8. The molecule has 28 heavy (non-hydrogen) atoms. The highest BCUT2D eigenvalue weighted by molar-refractivity contribution is 5.85. The van der Waals surface area contributed by atoms with Crippen LogP contribution >= 0.6 is 0 Å². The molecule has 138 valence electrons. The lowest BCUT2D eigenvalue weighted by molar-refractivity contribution is 0.156. The van der Waals surface area contributed by atoms with Crippen molar-refractivity contribution in [1.82, 2.24) is 15.0 Å². The van der Waals surface area contributed by atoms with Gasteiger partial charge in [-0.2, -0.15) is 4.98 Å². The third-order valence-electron chi connectivity index (χ3n) is 5.13. The first-order valence-electron chi connectivity index (χ1n) is 9.44. The van der Waals surface area contributed by atoms with Crippen LogP contribution in [0.15, 0.2) is 67.0 Å². The minimum absolute atomic E-state index is 0.430. The number of para-hydroxylation sites is 1. The molecule has 5 heteroatoms. The zero-order chi connectivity index (χ0) is 18.9. The van der Waals surface area contributed by atoms with E-state index in [9.17, 15) is 5.11 Å². The van der Waals surface area contributed by atoms with Crippen LogP contribution < -0.4 is 4.74 Å². The molecule has 4 aromatic rings. The molecule has 0 unspecified atom stereocenters. The molecule has 2 aromatic heterocycles. The van der Waals surface area contributed by atoms with Crippen molar-refractivity contribution in [2.45, 2.75) is 25.4 Å². The molecule has 0 spiro atoms. The third kappa shape index (κ3) is 3.00. The number of pyridine rings is 1. The van der Waals surface area contributed by atoms with E-state index < -0.39 is 6.10 Å². The summed E-state index contributed by atoms with van der Waals surface area (Å²) in [4.78, 5) is 13.5. The maximum Gasteiger partial charge on any atom is 0.230 e. The minimum atomic E-state index is -0.430. The topological polar surface area (TPSA) is 68.1 Å². The van der Waals surface area contributed by atoms with Gasteiger partial charge in [-0.1, -0.05) is 24.3 Å². The van der Waals surface area contributed by atoms with Gasteiger partial charge in [-0.25, -0.2) is 4.98 Å². The second kappa shape index (κ2) is 7.02. The summed E-state index contributed by atoms with van der Waals surface area (Å²) in [6, 6.07) is 17.5. The molecule has 0 fully saturated rings. The molecule has 5 nitrogen and oxygen atoms in total. The van der Waals surface area contributed by atoms with Gasteiger partial charge in [-0.15, -0.1) is 0 Å². The van der Waals surface area contributed by atoms with Crippen LogP contribution in [0.25, 0.3) is 22.3 Å². The number of rotatable bonds is 3. The standard InChI is InChI=1S/C23H19N3O2/c27-20-11-3-9-17-16(20)8-4-12-21(17)28-23-18-7-1-2-10-19(18)25-22(26-23)15-6-5-13-24-14-15/h1-2,4-8,10,12-14,20,27H,3,9,11H2/t20-/m0/s1. The van der Waals surface area contributed by atoms with E-state index in [0.717, 1.165) is 52.6 Å². The fourth-order valence-corrected chi connectivity index (χ4v) is 3.74. The van der Waals surface area contributed by atoms with Gasteiger partial charge in [0.05, 0.1) is 17.0 Å². The van der Waals surface area contributed by atoms with E-state index in [4.69, 9.17) is 9.72 Å². The average molecular weight is 369 g/mol. The summed E-state index contributed by atoms with van der Waals surface area (Å²) in [5, 5.41) is 11.2. The van der Waals surface area contributed by atoms with Crippen molar-refractivity contribution in [3.8, 4) is 23.0 Å². The van der Waals surface area contributed by atoms with Crippen LogP contribution in [0.2, 0.25) is 0 Å². The zero-order valence-corrected chi connectivity index (χ0v) is 15.2. The Bertz CT molecular complexity index is 1150. The number of fused-ring (bicyclic) bond motifs is 2. The van der Waals surface area contributed by atoms with Gasteiger partial charge in [0.2, 0.25) is 5.88 Å². The van der Waals surface area contributed by atoms with Gasteiger partial charge in [-0.05, 0) is 55.2 Å². The summed E-state index contributed by atoms with van der Waals surface area (Å²) in [6.07, 6.45) is 5.66. The van der Waals surface area contributed by atoms with E-state index in [1.807, 2.05) is 54.6 Å². The Hall–Kier alpha value is -3.31. The zero-order valence-electron chi connectivity index (χ0n) is 15.2. The predicted molar refractivity (Wildman–Crippen MR) is 107 cm³/mol. The van der Waals surface area contributed by atoms with E-state index in [1.54, 1.807) is 12.4 Å². The van der Waals surface area contributed by atoms with E-state index in [0.29, 0.717) is 11.7 Å². The van der Waals surface area contributed by atoms with Crippen LogP contribution in [0, 0.1) is 0 Å². The lowest BCUT2D eigenvalue weighted by Crippen LogP contribution is -2.10. The molecule has 1 N–H and O–H groups in total. The van der Waals surface area contributed by atoms with Crippen molar-refractivity contribution in [1.29, 1.82) is 0 Å². The maximum absolute atomic E-state index is 10.3. The summed E-state index contributed by atoms with van der Waals surface area (Å²) < 4.78 is 6.32. The number of aliphatic hydroxyl groups is 1.